The van der Waals surface area contributed by atoms with Crippen molar-refractivity contribution < 1.29 is 4.39 Å². The predicted molar refractivity (Wildman–Crippen MR) is 73.6 cm³/mol. The number of hydrogen-bond acceptors (Lipinski definition) is 2. The summed E-state index contributed by atoms with van der Waals surface area (Å²) < 4.78 is 14.0. The summed E-state index contributed by atoms with van der Waals surface area (Å²) in [5.41, 5.74) is 0.956. The average Bonchev–Trinajstić information content (AvgIpc) is 2.28. The van der Waals surface area contributed by atoms with Gasteiger partial charge in [0.2, 0.25) is 0 Å². The molecule has 0 radical (unpaired) electrons. The molecule has 17 heavy (non-hydrogen) atoms. The smallest absolute Gasteiger partial charge is 0.123 e. The Hall–Kier alpha value is -0.450. The molecule has 0 amide bonds. The first kappa shape index (κ1) is 14.6. The van der Waals surface area contributed by atoms with Gasteiger partial charge in [-0.25, -0.2) is 4.39 Å². The summed E-state index contributed by atoms with van der Waals surface area (Å²) in [6, 6.07) is 5.31. The molecule has 96 valence electrons. The largest absolute Gasteiger partial charge is 0.311 e. The summed E-state index contributed by atoms with van der Waals surface area (Å²) in [4.78, 5) is 2.27. The SMILES string of the molecule is CC(C)N(C)CCNCc1cc(F)ccc1Br. The molecule has 4 heteroatoms. The van der Waals surface area contributed by atoms with Crippen molar-refractivity contribution in [3.05, 3.63) is 34.1 Å². The van der Waals surface area contributed by atoms with Crippen molar-refractivity contribution in [2.75, 3.05) is 20.1 Å². The van der Waals surface area contributed by atoms with Gasteiger partial charge >= 0.3 is 0 Å². The van der Waals surface area contributed by atoms with E-state index in [1.54, 1.807) is 12.1 Å². The number of benzene rings is 1. The Labute approximate surface area is 111 Å². The fourth-order valence-electron chi connectivity index (χ4n) is 1.42. The van der Waals surface area contributed by atoms with Gasteiger partial charge in [0.1, 0.15) is 5.82 Å². The van der Waals surface area contributed by atoms with E-state index >= 15 is 0 Å². The van der Waals surface area contributed by atoms with Crippen molar-refractivity contribution >= 4 is 15.9 Å². The molecule has 0 saturated heterocycles. The Kier molecular flexibility index (Phi) is 6.09. The minimum Gasteiger partial charge on any atom is -0.311 e. The van der Waals surface area contributed by atoms with Gasteiger partial charge in [-0.15, -0.1) is 0 Å². The Bertz CT molecular complexity index is 355. The van der Waals surface area contributed by atoms with E-state index in [1.165, 1.54) is 6.07 Å². The van der Waals surface area contributed by atoms with Crippen LogP contribution in [0.3, 0.4) is 0 Å². The van der Waals surface area contributed by atoms with Crippen LogP contribution < -0.4 is 5.32 Å². The standard InChI is InChI=1S/C13H20BrFN2/c1-10(2)17(3)7-6-16-9-11-8-12(15)4-5-13(11)14/h4-5,8,10,16H,6-7,9H2,1-3H3. The lowest BCUT2D eigenvalue weighted by atomic mass is 10.2. The molecule has 0 atom stereocenters. The highest BCUT2D eigenvalue weighted by atomic mass is 79.9. The number of hydrogen-bond donors (Lipinski definition) is 1. The van der Waals surface area contributed by atoms with Crippen LogP contribution in [-0.4, -0.2) is 31.1 Å². The minimum atomic E-state index is -0.190. The van der Waals surface area contributed by atoms with Crippen LogP contribution in [0.1, 0.15) is 19.4 Å². The summed E-state index contributed by atoms with van der Waals surface area (Å²) in [7, 11) is 2.10. The molecule has 1 aromatic carbocycles. The first-order chi connectivity index (χ1) is 8.00. The fraction of sp³-hybridized carbons (Fsp3) is 0.538. The zero-order valence-corrected chi connectivity index (χ0v) is 12.2. The van der Waals surface area contributed by atoms with Crippen molar-refractivity contribution in [1.29, 1.82) is 0 Å². The summed E-state index contributed by atoms with van der Waals surface area (Å²) >= 11 is 3.42. The maximum Gasteiger partial charge on any atom is 0.123 e. The van der Waals surface area contributed by atoms with Gasteiger partial charge in [-0.2, -0.15) is 0 Å². The summed E-state index contributed by atoms with van der Waals surface area (Å²) in [5.74, 6) is -0.190. The molecule has 0 aliphatic heterocycles. The molecular weight excluding hydrogens is 283 g/mol. The Morgan fingerprint density at radius 2 is 2.12 bits per heavy atom. The molecule has 1 N–H and O–H groups in total. The van der Waals surface area contributed by atoms with E-state index in [1.807, 2.05) is 0 Å². The zero-order chi connectivity index (χ0) is 12.8. The van der Waals surface area contributed by atoms with Crippen LogP contribution in [0.25, 0.3) is 0 Å². The predicted octanol–water partition coefficient (Wildman–Crippen LogP) is 3.02. The van der Waals surface area contributed by atoms with Gasteiger partial charge in [0.15, 0.2) is 0 Å². The molecule has 0 bridgehead atoms. The van der Waals surface area contributed by atoms with Gasteiger partial charge in [-0.3, -0.25) is 0 Å². The molecule has 0 spiro atoms. The van der Waals surface area contributed by atoms with Crippen LogP contribution in [0.4, 0.5) is 4.39 Å². The van der Waals surface area contributed by atoms with Crippen LogP contribution in [-0.2, 0) is 6.54 Å². The molecule has 2 nitrogen and oxygen atoms in total. The van der Waals surface area contributed by atoms with E-state index < -0.39 is 0 Å². The molecule has 0 saturated carbocycles. The highest BCUT2D eigenvalue weighted by molar-refractivity contribution is 9.10. The van der Waals surface area contributed by atoms with Crippen LogP contribution in [0.15, 0.2) is 22.7 Å². The molecule has 1 aromatic rings. The fourth-order valence-corrected chi connectivity index (χ4v) is 1.80. The van der Waals surface area contributed by atoms with E-state index in [2.05, 4.69) is 47.0 Å². The van der Waals surface area contributed by atoms with Crippen LogP contribution in [0.5, 0.6) is 0 Å². The maximum absolute atomic E-state index is 13.0. The zero-order valence-electron chi connectivity index (χ0n) is 10.6. The molecular formula is C13H20BrFN2. The van der Waals surface area contributed by atoms with Crippen LogP contribution in [0, 0.1) is 5.82 Å². The number of halogens is 2. The van der Waals surface area contributed by atoms with Crippen molar-refractivity contribution in [3.63, 3.8) is 0 Å². The van der Waals surface area contributed by atoms with E-state index in [4.69, 9.17) is 0 Å². The quantitative estimate of drug-likeness (QED) is 0.813. The van der Waals surface area contributed by atoms with Crippen molar-refractivity contribution in [2.45, 2.75) is 26.4 Å². The van der Waals surface area contributed by atoms with Gasteiger partial charge in [0.25, 0.3) is 0 Å². The third kappa shape index (κ3) is 5.15. The number of likely N-dealkylation sites (N-methyl/N-ethyl adjacent to an activating group) is 1. The topological polar surface area (TPSA) is 15.3 Å². The first-order valence-corrected chi connectivity index (χ1v) is 6.65. The second-order valence-corrected chi connectivity index (χ2v) is 5.34. The molecule has 0 fully saturated rings. The van der Waals surface area contributed by atoms with Gasteiger partial charge in [-0.1, -0.05) is 15.9 Å². The van der Waals surface area contributed by atoms with Crippen molar-refractivity contribution in [3.8, 4) is 0 Å². The molecule has 0 aromatic heterocycles. The van der Waals surface area contributed by atoms with Gasteiger partial charge < -0.3 is 10.2 Å². The third-order valence-electron chi connectivity index (χ3n) is 2.85. The molecule has 1 rings (SSSR count). The molecule has 0 unspecified atom stereocenters. The average molecular weight is 303 g/mol. The third-order valence-corrected chi connectivity index (χ3v) is 3.62. The van der Waals surface area contributed by atoms with E-state index in [9.17, 15) is 4.39 Å². The number of nitrogens with zero attached hydrogens (tertiary/aromatic N) is 1. The van der Waals surface area contributed by atoms with Gasteiger partial charge in [-0.05, 0) is 44.7 Å². The highest BCUT2D eigenvalue weighted by Crippen LogP contribution is 2.17. The monoisotopic (exact) mass is 302 g/mol. The van der Waals surface area contributed by atoms with Crippen LogP contribution in [0.2, 0.25) is 0 Å². The van der Waals surface area contributed by atoms with E-state index in [0.29, 0.717) is 12.6 Å². The second-order valence-electron chi connectivity index (χ2n) is 4.49. The Balaban J connectivity index is 2.33. The maximum atomic E-state index is 13.0. The number of rotatable bonds is 6. The summed E-state index contributed by atoms with van der Waals surface area (Å²) in [6.45, 7) is 6.92. The lowest BCUT2D eigenvalue weighted by Crippen LogP contribution is -2.33. The van der Waals surface area contributed by atoms with E-state index in [-0.39, 0.29) is 5.82 Å². The number of nitrogens with one attached hydrogen (secondary N) is 1. The van der Waals surface area contributed by atoms with Crippen molar-refractivity contribution in [1.82, 2.24) is 10.2 Å². The highest BCUT2D eigenvalue weighted by Gasteiger charge is 2.03. The molecule has 0 aliphatic rings. The van der Waals surface area contributed by atoms with Crippen molar-refractivity contribution in [2.24, 2.45) is 0 Å². The van der Waals surface area contributed by atoms with Gasteiger partial charge in [0.05, 0.1) is 0 Å². The summed E-state index contributed by atoms with van der Waals surface area (Å²) in [6.07, 6.45) is 0. The van der Waals surface area contributed by atoms with E-state index in [0.717, 1.165) is 23.1 Å². The normalized spacial score (nSPS) is 11.5. The Morgan fingerprint density at radius 3 is 2.76 bits per heavy atom. The Morgan fingerprint density at radius 1 is 1.41 bits per heavy atom. The lowest BCUT2D eigenvalue weighted by molar-refractivity contribution is 0.273. The van der Waals surface area contributed by atoms with Crippen LogP contribution >= 0.6 is 15.9 Å². The lowest BCUT2D eigenvalue weighted by Gasteiger charge is -2.21. The second kappa shape index (κ2) is 7.09. The van der Waals surface area contributed by atoms with Gasteiger partial charge in [0, 0.05) is 30.1 Å². The minimum absolute atomic E-state index is 0.190. The molecule has 0 aliphatic carbocycles. The summed E-state index contributed by atoms with van der Waals surface area (Å²) in [5, 5.41) is 3.32. The molecule has 0 heterocycles. The first-order valence-electron chi connectivity index (χ1n) is 5.85.